The Morgan fingerprint density at radius 1 is 0.462 bits per heavy atom. The van der Waals surface area contributed by atoms with Crippen molar-refractivity contribution in [2.75, 3.05) is 0 Å². The fraction of sp³-hybridized carbons (Fsp3) is 0.791. The van der Waals surface area contributed by atoms with Crippen LogP contribution in [-0.4, -0.2) is 29.3 Å². The van der Waals surface area contributed by atoms with Crippen molar-refractivity contribution in [1.82, 2.24) is 29.3 Å². The number of aryl methyl sites for hydroxylation is 3. The SMILES string of the molecule is Cc1cc(C23CC4CC(CC(C4)C2)C3)nn1C(n1nc(C23CC4CC(CC(C4)C2)C3)cc1C)n1nc(C23CC4CC(CC(C4)C2)C3)cc1C.[Cl][Mn][Cl]. The van der Waals surface area contributed by atoms with Gasteiger partial charge in [-0.15, -0.1) is 0 Å². The van der Waals surface area contributed by atoms with E-state index < -0.39 is 0 Å². The maximum absolute atomic E-state index is 5.73. The van der Waals surface area contributed by atoms with Crippen molar-refractivity contribution in [3.63, 3.8) is 0 Å². The Bertz CT molecular complexity index is 1550. The number of halogens is 2. The van der Waals surface area contributed by atoms with Crippen molar-refractivity contribution in [3.8, 4) is 0 Å². The number of hydrogen-bond donors (Lipinski definition) is 0. The molecule has 0 unspecified atom stereocenters. The van der Waals surface area contributed by atoms with E-state index in [-0.39, 0.29) is 35.7 Å². The molecule has 6 nitrogen and oxygen atoms in total. The van der Waals surface area contributed by atoms with E-state index in [1.54, 1.807) is 0 Å². The van der Waals surface area contributed by atoms with E-state index in [0.717, 1.165) is 53.3 Å². The van der Waals surface area contributed by atoms with E-state index in [1.807, 2.05) is 0 Å². The summed E-state index contributed by atoms with van der Waals surface area (Å²) in [5.41, 5.74) is 8.80. The standard InChI is InChI=1S/C43H58N6.2ClH.Mn/c1-25-4-37(41-16-28-7-29(17-41)9-30(8-28)18-41)44-47(25)40(48-26(2)5-38(45-48)42-19-31-10-32(20-42)12-33(11-31)21-42)49-27(3)6-39(46-49)43-22-34-13-35(23-43)15-36(14-34)24-43;;;/h4-6,28-36,40H,7-24H2,1-3H3;2*1H;/q;;;+2/p-2. The molecule has 0 aromatic carbocycles. The summed E-state index contributed by atoms with van der Waals surface area (Å²) in [6, 6.07) is 7.49. The van der Waals surface area contributed by atoms with Crippen LogP contribution in [0.25, 0.3) is 0 Å². The van der Waals surface area contributed by atoms with Gasteiger partial charge < -0.3 is 0 Å². The number of aromatic nitrogens is 6. The third-order valence-corrected chi connectivity index (χ3v) is 17.2. The first-order chi connectivity index (χ1) is 25.1. The van der Waals surface area contributed by atoms with Crippen LogP contribution in [0.4, 0.5) is 0 Å². The molecule has 0 spiro atoms. The molecule has 0 radical (unpaired) electrons. The fourth-order valence-corrected chi connectivity index (χ4v) is 16.5. The third kappa shape index (κ3) is 5.23. The van der Waals surface area contributed by atoms with E-state index in [9.17, 15) is 0 Å². The van der Waals surface area contributed by atoms with E-state index in [1.165, 1.54) is 150 Å². The van der Waals surface area contributed by atoms with Crippen LogP contribution in [0.3, 0.4) is 0 Å². The second-order valence-corrected chi connectivity index (χ2v) is 22.8. The summed E-state index contributed by atoms with van der Waals surface area (Å²) >= 11 is 0.00694. The Hall–Kier alpha value is -1.27. The van der Waals surface area contributed by atoms with Crippen LogP contribution in [0.2, 0.25) is 0 Å². The number of nitrogens with zero attached hydrogens (tertiary/aromatic N) is 6. The van der Waals surface area contributed by atoms with Gasteiger partial charge in [-0.25, -0.2) is 14.0 Å². The second kappa shape index (κ2) is 12.1. The molecular formula is C43H58Cl2MnN6. The van der Waals surface area contributed by atoms with Crippen molar-refractivity contribution in [2.24, 2.45) is 53.3 Å². The Balaban J connectivity index is 0.00000104. The van der Waals surface area contributed by atoms with E-state index in [0.29, 0.717) is 0 Å². The average Bonchev–Trinajstić information content (AvgIpc) is 3.78. The van der Waals surface area contributed by atoms with Gasteiger partial charge >= 0.3 is 33.3 Å². The molecule has 12 aliphatic carbocycles. The van der Waals surface area contributed by atoms with Gasteiger partial charge in [0.1, 0.15) is 0 Å². The molecule has 15 rings (SSSR count). The monoisotopic (exact) mass is 783 g/mol. The topological polar surface area (TPSA) is 53.5 Å². The third-order valence-electron chi connectivity index (χ3n) is 17.2. The van der Waals surface area contributed by atoms with Gasteiger partial charge in [0, 0.05) is 33.3 Å². The van der Waals surface area contributed by atoms with Gasteiger partial charge in [-0.05, 0) is 208 Å². The molecule has 0 aliphatic heterocycles. The molecule has 12 saturated carbocycles. The summed E-state index contributed by atoms with van der Waals surface area (Å²) in [6.07, 6.45) is 25.3. The fourth-order valence-electron chi connectivity index (χ4n) is 16.5. The van der Waals surface area contributed by atoms with Crippen LogP contribution < -0.4 is 0 Å². The Kier molecular flexibility index (Phi) is 7.92. The maximum atomic E-state index is 5.73. The number of hydrogen-bond acceptors (Lipinski definition) is 3. The van der Waals surface area contributed by atoms with Crippen molar-refractivity contribution in [2.45, 2.75) is 159 Å². The summed E-state index contributed by atoms with van der Waals surface area (Å²) < 4.78 is 7.13. The Morgan fingerprint density at radius 3 is 0.846 bits per heavy atom. The molecule has 0 amide bonds. The van der Waals surface area contributed by atoms with Crippen LogP contribution >= 0.6 is 20.2 Å². The molecule has 3 heterocycles. The first-order valence-electron chi connectivity index (χ1n) is 21.2. The molecule has 281 valence electrons. The van der Waals surface area contributed by atoms with Gasteiger partial charge in [0.2, 0.25) is 6.29 Å². The predicted octanol–water partition coefficient (Wildman–Crippen LogP) is 10.5. The van der Waals surface area contributed by atoms with Gasteiger partial charge in [0.25, 0.3) is 0 Å². The normalized spacial score (nSPS) is 43.7. The number of rotatable bonds is 6. The summed E-state index contributed by atoms with van der Waals surface area (Å²) in [7, 11) is 9.59. The molecule has 0 N–H and O–H groups in total. The van der Waals surface area contributed by atoms with E-state index in [4.69, 9.17) is 35.5 Å². The molecule has 3 aromatic rings. The minimum atomic E-state index is -0.201. The minimum absolute atomic E-state index is 0.00694. The van der Waals surface area contributed by atoms with Gasteiger partial charge in [-0.1, -0.05) is 0 Å². The van der Waals surface area contributed by atoms with Crippen LogP contribution in [0.5, 0.6) is 0 Å². The second-order valence-electron chi connectivity index (χ2n) is 20.8. The summed E-state index contributed by atoms with van der Waals surface area (Å²) in [6.45, 7) is 6.96. The molecular weight excluding hydrogens is 726 g/mol. The zero-order chi connectivity index (χ0) is 35.1. The quantitative estimate of drug-likeness (QED) is 0.234. The first kappa shape index (κ1) is 34.0. The molecule has 0 atom stereocenters. The van der Waals surface area contributed by atoms with Crippen LogP contribution in [0, 0.1) is 74.0 Å². The van der Waals surface area contributed by atoms with Crippen LogP contribution in [-0.2, 0) is 29.4 Å². The molecule has 12 bridgehead atoms. The first-order valence-corrected chi connectivity index (χ1v) is 24.4. The predicted molar refractivity (Wildman–Crippen MR) is 202 cm³/mol. The van der Waals surface area contributed by atoms with Crippen LogP contribution in [0.15, 0.2) is 18.2 Å². The van der Waals surface area contributed by atoms with Crippen LogP contribution in [0.1, 0.15) is 156 Å². The van der Waals surface area contributed by atoms with Gasteiger partial charge in [0.15, 0.2) is 0 Å². The van der Waals surface area contributed by atoms with Crippen molar-refractivity contribution in [1.29, 1.82) is 0 Å². The molecule has 0 saturated heterocycles. The molecule has 12 aliphatic rings. The van der Waals surface area contributed by atoms with Crippen molar-refractivity contribution in [3.05, 3.63) is 52.4 Å². The zero-order valence-electron chi connectivity index (χ0n) is 31.6. The molecule has 52 heavy (non-hydrogen) atoms. The van der Waals surface area contributed by atoms with Crippen molar-refractivity contribution >= 4 is 20.2 Å². The molecule has 9 heteroatoms. The van der Waals surface area contributed by atoms with Gasteiger partial charge in [-0.2, -0.15) is 15.3 Å². The van der Waals surface area contributed by atoms with Crippen molar-refractivity contribution < 1.29 is 13.1 Å². The average molecular weight is 785 g/mol. The summed E-state index contributed by atoms with van der Waals surface area (Å²) in [4.78, 5) is 0. The van der Waals surface area contributed by atoms with E-state index in [2.05, 4.69) is 53.0 Å². The Labute approximate surface area is 325 Å². The Morgan fingerprint density at radius 2 is 0.654 bits per heavy atom. The van der Waals surface area contributed by atoms with E-state index >= 15 is 0 Å². The zero-order valence-corrected chi connectivity index (χ0v) is 34.2. The van der Waals surface area contributed by atoms with Gasteiger partial charge in [-0.3, -0.25) is 0 Å². The summed E-state index contributed by atoms with van der Waals surface area (Å²) in [5, 5.41) is 17.2. The molecule has 12 fully saturated rings. The van der Waals surface area contributed by atoms with Gasteiger partial charge in [0.05, 0.1) is 17.1 Å². The molecule has 3 aromatic heterocycles. The summed E-state index contributed by atoms with van der Waals surface area (Å²) in [5.74, 6) is 8.25.